The van der Waals surface area contributed by atoms with Gasteiger partial charge in [-0.1, -0.05) is 54.6 Å². The molecule has 4 aromatic rings. The molecule has 0 spiro atoms. The summed E-state index contributed by atoms with van der Waals surface area (Å²) < 4.78 is 3.06. The summed E-state index contributed by atoms with van der Waals surface area (Å²) in [5, 5.41) is 3.11. The zero-order valence-electron chi connectivity index (χ0n) is 17.1. The van der Waals surface area contributed by atoms with E-state index in [-0.39, 0.29) is 12.1 Å². The van der Waals surface area contributed by atoms with Crippen LogP contribution in [-0.2, 0) is 6.54 Å². The van der Waals surface area contributed by atoms with Crippen LogP contribution in [0, 0.1) is 6.92 Å². The first kappa shape index (κ1) is 19.6. The van der Waals surface area contributed by atoms with Gasteiger partial charge in [-0.2, -0.15) is 0 Å². The van der Waals surface area contributed by atoms with Gasteiger partial charge < -0.3 is 14.8 Å². The third-order valence-electron chi connectivity index (χ3n) is 5.82. The maximum atomic E-state index is 13.7. The average molecular weight is 472 g/mol. The summed E-state index contributed by atoms with van der Waals surface area (Å²) in [6.45, 7) is 2.61. The molecule has 0 fully saturated rings. The molecule has 2 heterocycles. The third kappa shape index (κ3) is 3.55. The van der Waals surface area contributed by atoms with Crippen LogP contribution in [0.4, 0.5) is 10.5 Å². The van der Waals surface area contributed by atoms with E-state index in [9.17, 15) is 4.79 Å². The summed E-state index contributed by atoms with van der Waals surface area (Å²) in [6, 6.07) is 28.1. The van der Waals surface area contributed by atoms with E-state index in [2.05, 4.69) is 69.3 Å². The fourth-order valence-corrected chi connectivity index (χ4v) is 4.69. The Hall–Kier alpha value is -3.31. The number of aromatic nitrogens is 1. The van der Waals surface area contributed by atoms with Crippen molar-refractivity contribution >= 4 is 27.6 Å². The molecule has 0 aliphatic carbocycles. The molecule has 1 atom stereocenters. The monoisotopic (exact) mass is 471 g/mol. The van der Waals surface area contributed by atoms with Crippen molar-refractivity contribution in [2.45, 2.75) is 19.5 Å². The Kier molecular flexibility index (Phi) is 5.12. The van der Waals surface area contributed by atoms with Gasteiger partial charge in [0.05, 0.1) is 17.9 Å². The topological polar surface area (TPSA) is 37.3 Å². The number of hydrogen-bond acceptors (Lipinski definition) is 1. The highest BCUT2D eigenvalue weighted by Gasteiger charge is 2.33. The number of halogens is 1. The minimum absolute atomic E-state index is 0.135. The minimum Gasteiger partial charge on any atom is -0.318 e. The van der Waals surface area contributed by atoms with Crippen molar-refractivity contribution in [2.75, 3.05) is 5.32 Å². The van der Waals surface area contributed by atoms with E-state index in [4.69, 9.17) is 0 Å². The summed E-state index contributed by atoms with van der Waals surface area (Å²) >= 11 is 3.54. The Morgan fingerprint density at radius 3 is 2.52 bits per heavy atom. The molecule has 0 radical (unpaired) electrons. The number of nitrogens with one attached hydrogen (secondary N) is 1. The fourth-order valence-electron chi connectivity index (χ4n) is 4.31. The lowest BCUT2D eigenvalue weighted by Crippen LogP contribution is -2.38. The van der Waals surface area contributed by atoms with E-state index in [1.807, 2.05) is 59.5 Å². The number of amides is 2. The number of hydrogen-bond donors (Lipinski definition) is 1. The Bertz CT molecular complexity index is 1260. The van der Waals surface area contributed by atoms with Crippen LogP contribution in [0.2, 0.25) is 0 Å². The zero-order chi connectivity index (χ0) is 21.4. The summed E-state index contributed by atoms with van der Waals surface area (Å²) in [5.74, 6) is 0. The number of aryl methyl sites for hydroxylation is 1. The number of carbonyl (C=O) groups excluding carboxylic acids is 1. The molecule has 5 rings (SSSR count). The molecule has 1 aromatic heterocycles. The largest absolute Gasteiger partial charge is 0.323 e. The molecule has 0 saturated carbocycles. The van der Waals surface area contributed by atoms with Crippen molar-refractivity contribution in [3.05, 3.63) is 118 Å². The molecule has 5 heteroatoms. The van der Waals surface area contributed by atoms with Crippen LogP contribution in [0.25, 0.3) is 5.69 Å². The molecule has 0 saturated heterocycles. The van der Waals surface area contributed by atoms with E-state index >= 15 is 0 Å². The highest BCUT2D eigenvalue weighted by atomic mass is 79.9. The lowest BCUT2D eigenvalue weighted by atomic mass is 9.97. The van der Waals surface area contributed by atoms with Gasteiger partial charge >= 0.3 is 6.03 Å². The lowest BCUT2D eigenvalue weighted by molar-refractivity contribution is 0.194. The maximum absolute atomic E-state index is 13.7. The van der Waals surface area contributed by atoms with Gasteiger partial charge in [0.1, 0.15) is 6.04 Å². The van der Waals surface area contributed by atoms with Crippen molar-refractivity contribution in [3.8, 4) is 5.69 Å². The molecule has 0 bridgehead atoms. The Morgan fingerprint density at radius 1 is 0.935 bits per heavy atom. The van der Waals surface area contributed by atoms with Gasteiger partial charge in [0.2, 0.25) is 0 Å². The lowest BCUT2D eigenvalue weighted by Gasteiger charge is -2.32. The van der Waals surface area contributed by atoms with Crippen LogP contribution >= 0.6 is 15.9 Å². The molecule has 3 aromatic carbocycles. The third-order valence-corrected chi connectivity index (χ3v) is 6.51. The number of benzene rings is 3. The van der Waals surface area contributed by atoms with Crippen molar-refractivity contribution in [3.63, 3.8) is 0 Å². The minimum atomic E-state index is -0.217. The summed E-state index contributed by atoms with van der Waals surface area (Å²) in [5.41, 5.74) is 6.32. The van der Waals surface area contributed by atoms with Crippen molar-refractivity contribution < 1.29 is 4.79 Å². The summed E-state index contributed by atoms with van der Waals surface area (Å²) in [7, 11) is 0. The first-order valence-electron chi connectivity index (χ1n) is 10.3. The number of nitrogens with zero attached hydrogens (tertiary/aromatic N) is 2. The maximum Gasteiger partial charge on any atom is 0.323 e. The van der Waals surface area contributed by atoms with Crippen LogP contribution in [-0.4, -0.2) is 15.5 Å². The normalized spacial score (nSPS) is 15.0. The summed E-state index contributed by atoms with van der Waals surface area (Å²) in [4.78, 5) is 15.6. The van der Waals surface area contributed by atoms with E-state index < -0.39 is 0 Å². The smallest absolute Gasteiger partial charge is 0.318 e. The van der Waals surface area contributed by atoms with E-state index in [1.165, 1.54) is 0 Å². The van der Waals surface area contributed by atoms with Crippen molar-refractivity contribution in [2.24, 2.45) is 0 Å². The van der Waals surface area contributed by atoms with E-state index in [1.54, 1.807) is 0 Å². The number of carbonyl (C=O) groups is 1. The van der Waals surface area contributed by atoms with E-state index in [0.717, 1.165) is 38.2 Å². The van der Waals surface area contributed by atoms with Crippen molar-refractivity contribution in [1.29, 1.82) is 0 Å². The van der Waals surface area contributed by atoms with Gasteiger partial charge in [0.25, 0.3) is 0 Å². The first-order chi connectivity index (χ1) is 15.1. The molecule has 1 unspecified atom stereocenters. The van der Waals surface area contributed by atoms with Crippen molar-refractivity contribution in [1.82, 2.24) is 9.47 Å². The number of rotatable bonds is 2. The van der Waals surface area contributed by atoms with Crippen LogP contribution in [0.15, 0.2) is 95.6 Å². The standard InChI is InChI=1S/C26H22BrN3O/c1-18-9-2-4-11-20(18)25-24-15-8-16-29(24)23-14-7-3-10-19(23)17-30(25)26(31)28-22-13-6-5-12-21(22)27/h2-16,25H,17H2,1H3,(H,28,31). The zero-order valence-corrected chi connectivity index (χ0v) is 18.7. The molecule has 1 N–H and O–H groups in total. The molecule has 1 aliphatic rings. The van der Waals surface area contributed by atoms with Gasteiger partial charge in [0.15, 0.2) is 0 Å². The predicted molar refractivity (Wildman–Crippen MR) is 127 cm³/mol. The molecular formula is C26H22BrN3O. The van der Waals surface area contributed by atoms with Crippen LogP contribution in [0.3, 0.4) is 0 Å². The Labute approximate surface area is 190 Å². The second kappa shape index (κ2) is 8.08. The number of urea groups is 1. The fraction of sp³-hybridized carbons (Fsp3) is 0.115. The van der Waals surface area contributed by atoms with E-state index in [0.29, 0.717) is 6.54 Å². The Balaban J connectivity index is 1.66. The molecule has 154 valence electrons. The Morgan fingerprint density at radius 2 is 1.68 bits per heavy atom. The highest BCUT2D eigenvalue weighted by Crippen LogP contribution is 2.38. The van der Waals surface area contributed by atoms with Crippen LogP contribution in [0.1, 0.15) is 28.4 Å². The average Bonchev–Trinajstić information content (AvgIpc) is 3.21. The molecule has 4 nitrogen and oxygen atoms in total. The van der Waals surface area contributed by atoms with Gasteiger partial charge in [-0.3, -0.25) is 0 Å². The van der Waals surface area contributed by atoms with Gasteiger partial charge in [-0.15, -0.1) is 0 Å². The molecular weight excluding hydrogens is 450 g/mol. The molecule has 31 heavy (non-hydrogen) atoms. The molecule has 1 aliphatic heterocycles. The highest BCUT2D eigenvalue weighted by molar-refractivity contribution is 9.10. The number of fused-ring (bicyclic) bond motifs is 3. The molecule has 2 amide bonds. The first-order valence-corrected chi connectivity index (χ1v) is 11.1. The quantitative estimate of drug-likeness (QED) is 0.347. The number of anilines is 1. The predicted octanol–water partition coefficient (Wildman–Crippen LogP) is 6.69. The SMILES string of the molecule is Cc1ccccc1C1c2cccn2-c2ccccc2CN1C(=O)Nc1ccccc1Br. The number of para-hydroxylation sites is 2. The second-order valence-electron chi connectivity index (χ2n) is 7.73. The van der Waals surface area contributed by atoms with Gasteiger partial charge in [-0.25, -0.2) is 4.79 Å². The van der Waals surface area contributed by atoms with Crippen LogP contribution in [0.5, 0.6) is 0 Å². The van der Waals surface area contributed by atoms with Crippen LogP contribution < -0.4 is 5.32 Å². The summed E-state index contributed by atoms with van der Waals surface area (Å²) in [6.07, 6.45) is 2.08. The second-order valence-corrected chi connectivity index (χ2v) is 8.58. The van der Waals surface area contributed by atoms with Gasteiger partial charge in [-0.05, 0) is 69.9 Å². The van der Waals surface area contributed by atoms with Gasteiger partial charge in [0, 0.05) is 16.4 Å².